The molecule has 2 saturated heterocycles. The normalized spacial score (nSPS) is 16.6. The van der Waals surface area contributed by atoms with E-state index in [1.165, 1.54) is 38.5 Å². The average Bonchev–Trinajstić information content (AvgIpc) is 3.19. The van der Waals surface area contributed by atoms with Gasteiger partial charge in [0.25, 0.3) is 15.9 Å². The number of nitrogens with one attached hydrogen (secondary N) is 3. The fraction of sp³-hybridized carbons (Fsp3) is 0.444. The summed E-state index contributed by atoms with van der Waals surface area (Å²) in [6.07, 6.45) is 2.74. The first-order chi connectivity index (χ1) is 18.6. The minimum Gasteiger partial charge on any atom is -0.496 e. The number of rotatable bonds is 11. The molecule has 11 nitrogen and oxygen atoms in total. The molecule has 0 unspecified atom stereocenters. The number of aryl methyl sites for hydroxylation is 1. The number of carbonyl (C=O) groups is 3. The number of urea groups is 1. The summed E-state index contributed by atoms with van der Waals surface area (Å²) in [5.41, 5.74) is 0.547. The summed E-state index contributed by atoms with van der Waals surface area (Å²) in [5.74, 6) is 0.0994. The van der Waals surface area contributed by atoms with Crippen molar-refractivity contribution < 1.29 is 32.3 Å². The molecular weight excluding hydrogens is 560 g/mol. The van der Waals surface area contributed by atoms with Crippen LogP contribution in [0.5, 0.6) is 11.5 Å². The number of ether oxygens (including phenoxy) is 2. The van der Waals surface area contributed by atoms with Gasteiger partial charge in [0.1, 0.15) is 17.0 Å². The molecule has 0 aromatic heterocycles. The molecule has 3 N–H and O–H groups in total. The van der Waals surface area contributed by atoms with E-state index in [2.05, 4.69) is 20.3 Å². The van der Waals surface area contributed by atoms with Gasteiger partial charge in [-0.25, -0.2) is 13.2 Å². The van der Waals surface area contributed by atoms with Gasteiger partial charge in [-0.3, -0.25) is 19.6 Å². The van der Waals surface area contributed by atoms with E-state index in [0.717, 1.165) is 18.5 Å². The maximum absolute atomic E-state index is 13.1. The molecule has 0 saturated carbocycles. The molecule has 3 amide bonds. The Hall–Kier alpha value is -3.35. The third kappa shape index (κ3) is 6.86. The molecule has 218 valence electrons. The molecule has 40 heavy (non-hydrogen) atoms. The van der Waals surface area contributed by atoms with E-state index in [0.29, 0.717) is 38.1 Å². The summed E-state index contributed by atoms with van der Waals surface area (Å²) in [7, 11) is -1.05. The summed E-state index contributed by atoms with van der Waals surface area (Å²) in [5, 5.41) is 5.07. The van der Waals surface area contributed by atoms with Crippen LogP contribution in [0.4, 0.5) is 10.5 Å². The van der Waals surface area contributed by atoms with Gasteiger partial charge in [0.2, 0.25) is 0 Å². The number of sulfonamides is 1. The van der Waals surface area contributed by atoms with Crippen LogP contribution in [0.1, 0.15) is 48.0 Å². The van der Waals surface area contributed by atoms with Crippen molar-refractivity contribution in [3.05, 3.63) is 47.5 Å². The van der Waals surface area contributed by atoms with Crippen molar-refractivity contribution in [1.82, 2.24) is 15.5 Å². The van der Waals surface area contributed by atoms with Gasteiger partial charge in [-0.2, -0.15) is 0 Å². The van der Waals surface area contributed by atoms with Gasteiger partial charge in [0, 0.05) is 25.6 Å². The molecule has 0 bridgehead atoms. The largest absolute Gasteiger partial charge is 0.496 e. The summed E-state index contributed by atoms with van der Waals surface area (Å²) in [6, 6.07) is 8.96. The predicted molar refractivity (Wildman–Crippen MR) is 152 cm³/mol. The second kappa shape index (κ2) is 12.9. The first kappa shape index (κ1) is 31.2. The molecular formula is C27H35ClN4O7S. The van der Waals surface area contributed by atoms with Crippen molar-refractivity contribution >= 4 is 45.8 Å². The van der Waals surface area contributed by atoms with Crippen molar-refractivity contribution in [3.8, 4) is 11.5 Å². The Labute approximate surface area is 240 Å². The standard InChI is InChI=1S/C27H34N4O7S.ClH/c1-18-7-9-19(10-8-18)39(35,36)30-21-16-20(23(37-2)17-24(21)38-3)22(32)6-4-5-13-31-14-11-27(12-15-31)25(33)28-26(34)29-27;/h7-10,16-17,30H,4-6,11-15H2,1-3H3,(H2,28,29,33,34);1H. The Morgan fingerprint density at radius 1 is 1.02 bits per heavy atom. The number of halogens is 1. The highest BCUT2D eigenvalue weighted by atomic mass is 35.5. The lowest BCUT2D eigenvalue weighted by Crippen LogP contribution is -2.54. The van der Waals surface area contributed by atoms with Crippen molar-refractivity contribution in [1.29, 1.82) is 0 Å². The topological polar surface area (TPSA) is 143 Å². The van der Waals surface area contributed by atoms with Crippen LogP contribution in [0.25, 0.3) is 0 Å². The minimum atomic E-state index is -3.91. The Kier molecular flexibility index (Phi) is 10.0. The first-order valence-corrected chi connectivity index (χ1v) is 14.3. The first-order valence-electron chi connectivity index (χ1n) is 12.8. The molecule has 2 fully saturated rings. The number of hydrogen-bond acceptors (Lipinski definition) is 8. The molecule has 2 aliphatic rings. The maximum Gasteiger partial charge on any atom is 0.322 e. The van der Waals surface area contributed by atoms with Crippen LogP contribution < -0.4 is 24.8 Å². The monoisotopic (exact) mass is 594 g/mol. The number of piperidine rings is 1. The smallest absolute Gasteiger partial charge is 0.322 e. The molecule has 13 heteroatoms. The molecule has 4 rings (SSSR count). The zero-order valence-electron chi connectivity index (χ0n) is 22.7. The number of Topliss-reactive ketones (excluding diaryl/α,β-unsaturated/α-hetero) is 1. The highest BCUT2D eigenvalue weighted by Gasteiger charge is 2.47. The molecule has 2 aromatic rings. The molecule has 0 atom stereocenters. The Balaban J connectivity index is 0.00000441. The van der Waals surface area contributed by atoms with Gasteiger partial charge in [0.05, 0.1) is 30.4 Å². The van der Waals surface area contributed by atoms with Crippen LogP contribution in [0.3, 0.4) is 0 Å². The number of amides is 3. The Morgan fingerprint density at radius 3 is 2.25 bits per heavy atom. The number of hydrogen-bond donors (Lipinski definition) is 3. The van der Waals surface area contributed by atoms with Crippen molar-refractivity contribution in [2.24, 2.45) is 0 Å². The number of imide groups is 1. The van der Waals surface area contributed by atoms with Gasteiger partial charge >= 0.3 is 6.03 Å². The van der Waals surface area contributed by atoms with E-state index < -0.39 is 21.6 Å². The Bertz CT molecular complexity index is 1360. The van der Waals surface area contributed by atoms with Crippen molar-refractivity contribution in [2.75, 3.05) is 38.6 Å². The lowest BCUT2D eigenvalue weighted by Gasteiger charge is -2.36. The molecule has 0 radical (unpaired) electrons. The number of ketones is 1. The van der Waals surface area contributed by atoms with Crippen LogP contribution in [0.2, 0.25) is 0 Å². The number of unbranched alkanes of at least 4 members (excludes halogenated alkanes) is 1. The number of nitrogens with zero attached hydrogens (tertiary/aromatic N) is 1. The fourth-order valence-corrected chi connectivity index (χ4v) is 5.97. The summed E-state index contributed by atoms with van der Waals surface area (Å²) < 4.78 is 39.2. The molecule has 2 aromatic carbocycles. The van der Waals surface area contributed by atoms with Gasteiger partial charge in [-0.15, -0.1) is 12.4 Å². The zero-order chi connectivity index (χ0) is 28.2. The minimum absolute atomic E-state index is 0. The third-order valence-electron chi connectivity index (χ3n) is 7.25. The van der Waals surface area contributed by atoms with Gasteiger partial charge in [0.15, 0.2) is 5.78 Å². The number of benzene rings is 2. The number of methoxy groups -OCH3 is 2. The molecule has 2 heterocycles. The van der Waals surface area contributed by atoms with Gasteiger partial charge < -0.3 is 19.7 Å². The van der Waals surface area contributed by atoms with Crippen LogP contribution in [0, 0.1) is 6.92 Å². The lowest BCUT2D eigenvalue weighted by atomic mass is 9.87. The Morgan fingerprint density at radius 2 is 1.68 bits per heavy atom. The zero-order valence-corrected chi connectivity index (χ0v) is 24.4. The number of anilines is 1. The fourth-order valence-electron chi connectivity index (χ4n) is 4.91. The van der Waals surface area contributed by atoms with Gasteiger partial charge in [-0.1, -0.05) is 17.7 Å². The second-order valence-corrected chi connectivity index (χ2v) is 11.6. The SMILES string of the molecule is COc1cc(OC)c(C(=O)CCCCN2CCC3(CC2)NC(=O)NC3=O)cc1NS(=O)(=O)c1ccc(C)cc1.Cl. The molecule has 0 aliphatic carbocycles. The summed E-state index contributed by atoms with van der Waals surface area (Å²) >= 11 is 0. The lowest BCUT2D eigenvalue weighted by molar-refractivity contribution is -0.125. The quantitative estimate of drug-likeness (QED) is 0.204. The molecule has 2 aliphatic heterocycles. The van der Waals surface area contributed by atoms with Crippen molar-refractivity contribution in [2.45, 2.75) is 49.5 Å². The highest BCUT2D eigenvalue weighted by Crippen LogP contribution is 2.35. The summed E-state index contributed by atoms with van der Waals surface area (Å²) in [4.78, 5) is 39.1. The van der Waals surface area contributed by atoms with Gasteiger partial charge in [-0.05, 0) is 57.4 Å². The summed E-state index contributed by atoms with van der Waals surface area (Å²) in [6.45, 7) is 3.99. The average molecular weight is 595 g/mol. The van der Waals surface area contributed by atoms with E-state index in [1.807, 2.05) is 6.92 Å². The highest BCUT2D eigenvalue weighted by molar-refractivity contribution is 7.92. The maximum atomic E-state index is 13.1. The van der Waals surface area contributed by atoms with Crippen molar-refractivity contribution in [3.63, 3.8) is 0 Å². The van der Waals surface area contributed by atoms with Crippen LogP contribution in [-0.2, 0) is 14.8 Å². The van der Waals surface area contributed by atoms with E-state index in [1.54, 1.807) is 12.1 Å². The van der Waals surface area contributed by atoms with Crippen LogP contribution >= 0.6 is 12.4 Å². The second-order valence-electron chi connectivity index (χ2n) is 9.88. The van der Waals surface area contributed by atoms with E-state index in [-0.39, 0.29) is 52.4 Å². The van der Waals surface area contributed by atoms with Crippen LogP contribution in [-0.4, -0.2) is 70.4 Å². The molecule has 1 spiro atoms. The third-order valence-corrected chi connectivity index (χ3v) is 8.63. The number of likely N-dealkylation sites (tertiary alicyclic amines) is 1. The van der Waals surface area contributed by atoms with E-state index in [9.17, 15) is 22.8 Å². The number of carbonyl (C=O) groups excluding carboxylic acids is 3. The van der Waals surface area contributed by atoms with E-state index >= 15 is 0 Å². The van der Waals surface area contributed by atoms with Crippen LogP contribution in [0.15, 0.2) is 41.3 Å². The predicted octanol–water partition coefficient (Wildman–Crippen LogP) is 3.26. The van der Waals surface area contributed by atoms with E-state index in [4.69, 9.17) is 9.47 Å².